The molecule has 0 saturated carbocycles. The van der Waals surface area contributed by atoms with Crippen LogP contribution < -0.4 is 10.0 Å². The lowest BCUT2D eigenvalue weighted by atomic mass is 10.2. The SMILES string of the molecule is CCCNCc1ccc(S(=O)(=O)NCCCC(C)O)o1. The molecule has 0 bridgehead atoms. The van der Waals surface area contributed by atoms with E-state index in [1.807, 2.05) is 0 Å². The summed E-state index contributed by atoms with van der Waals surface area (Å²) in [5.74, 6) is 0.600. The zero-order chi connectivity index (χ0) is 15.0. The van der Waals surface area contributed by atoms with Crippen molar-refractivity contribution in [2.75, 3.05) is 13.1 Å². The fraction of sp³-hybridized carbons (Fsp3) is 0.692. The first-order valence-electron chi connectivity index (χ1n) is 6.93. The van der Waals surface area contributed by atoms with E-state index in [0.29, 0.717) is 25.1 Å². The average molecular weight is 304 g/mol. The van der Waals surface area contributed by atoms with Crippen LogP contribution in [0.5, 0.6) is 0 Å². The van der Waals surface area contributed by atoms with Crippen molar-refractivity contribution < 1.29 is 17.9 Å². The van der Waals surface area contributed by atoms with Gasteiger partial charge in [0, 0.05) is 6.54 Å². The molecule has 1 aromatic heterocycles. The molecule has 0 saturated heterocycles. The van der Waals surface area contributed by atoms with Gasteiger partial charge in [0.05, 0.1) is 12.6 Å². The normalized spacial score (nSPS) is 13.6. The third-order valence-corrected chi connectivity index (χ3v) is 4.05. The van der Waals surface area contributed by atoms with E-state index < -0.39 is 16.1 Å². The summed E-state index contributed by atoms with van der Waals surface area (Å²) in [6.45, 7) is 5.40. The van der Waals surface area contributed by atoms with Crippen molar-refractivity contribution in [3.63, 3.8) is 0 Å². The molecule has 1 unspecified atom stereocenters. The van der Waals surface area contributed by atoms with Crippen molar-refractivity contribution in [2.45, 2.75) is 50.9 Å². The van der Waals surface area contributed by atoms with Gasteiger partial charge in [0.2, 0.25) is 5.09 Å². The molecular weight excluding hydrogens is 280 g/mol. The molecule has 0 radical (unpaired) electrons. The molecular formula is C13H24N2O4S. The van der Waals surface area contributed by atoms with Gasteiger partial charge < -0.3 is 14.8 Å². The number of hydrogen-bond acceptors (Lipinski definition) is 5. The second-order valence-corrected chi connectivity index (χ2v) is 6.48. The highest BCUT2D eigenvalue weighted by Crippen LogP contribution is 2.13. The Morgan fingerprint density at radius 3 is 2.75 bits per heavy atom. The van der Waals surface area contributed by atoms with E-state index in [9.17, 15) is 8.42 Å². The maximum absolute atomic E-state index is 11.9. The molecule has 0 aromatic carbocycles. The van der Waals surface area contributed by atoms with Crippen LogP contribution in [0, 0.1) is 0 Å². The zero-order valence-electron chi connectivity index (χ0n) is 12.1. The second-order valence-electron chi connectivity index (χ2n) is 4.79. The van der Waals surface area contributed by atoms with Gasteiger partial charge in [-0.1, -0.05) is 6.92 Å². The van der Waals surface area contributed by atoms with Crippen LogP contribution in [-0.2, 0) is 16.6 Å². The highest BCUT2D eigenvalue weighted by molar-refractivity contribution is 7.89. The molecule has 0 aliphatic rings. The fourth-order valence-corrected chi connectivity index (χ4v) is 2.68. The van der Waals surface area contributed by atoms with E-state index in [1.54, 1.807) is 13.0 Å². The fourth-order valence-electron chi connectivity index (χ4n) is 1.66. The third kappa shape index (κ3) is 6.04. The summed E-state index contributed by atoms with van der Waals surface area (Å²) >= 11 is 0. The van der Waals surface area contributed by atoms with Gasteiger partial charge in [0.15, 0.2) is 0 Å². The van der Waals surface area contributed by atoms with Crippen molar-refractivity contribution >= 4 is 10.0 Å². The predicted molar refractivity (Wildman–Crippen MR) is 76.8 cm³/mol. The van der Waals surface area contributed by atoms with Gasteiger partial charge in [-0.2, -0.15) is 0 Å². The van der Waals surface area contributed by atoms with E-state index in [1.165, 1.54) is 6.07 Å². The molecule has 7 heteroatoms. The Kier molecular flexibility index (Phi) is 7.22. The molecule has 1 rings (SSSR count). The van der Waals surface area contributed by atoms with Gasteiger partial charge >= 0.3 is 0 Å². The maximum Gasteiger partial charge on any atom is 0.273 e. The van der Waals surface area contributed by atoms with Crippen molar-refractivity contribution in [3.8, 4) is 0 Å². The molecule has 1 atom stereocenters. The minimum Gasteiger partial charge on any atom is -0.447 e. The first-order valence-corrected chi connectivity index (χ1v) is 8.41. The summed E-state index contributed by atoms with van der Waals surface area (Å²) in [6, 6.07) is 3.12. The smallest absolute Gasteiger partial charge is 0.273 e. The van der Waals surface area contributed by atoms with E-state index in [2.05, 4.69) is 17.0 Å². The molecule has 3 N–H and O–H groups in total. The summed E-state index contributed by atoms with van der Waals surface area (Å²) in [6.07, 6.45) is 1.74. The van der Waals surface area contributed by atoms with Crippen LogP contribution >= 0.6 is 0 Å². The molecule has 0 amide bonds. The minimum atomic E-state index is -3.59. The summed E-state index contributed by atoms with van der Waals surface area (Å²) < 4.78 is 31.6. The third-order valence-electron chi connectivity index (χ3n) is 2.72. The number of aliphatic hydroxyl groups excluding tert-OH is 1. The number of furan rings is 1. The standard InChI is InChI=1S/C13H24N2O4S/c1-3-8-14-10-12-6-7-13(19-12)20(17,18)15-9-4-5-11(2)16/h6-7,11,14-16H,3-5,8-10H2,1-2H3. The summed E-state index contributed by atoms with van der Waals surface area (Å²) in [7, 11) is -3.59. The molecule has 1 aromatic rings. The van der Waals surface area contributed by atoms with Crippen LogP contribution in [0.2, 0.25) is 0 Å². The molecule has 0 aliphatic heterocycles. The van der Waals surface area contributed by atoms with Crippen molar-refractivity contribution in [1.82, 2.24) is 10.0 Å². The number of rotatable bonds is 10. The zero-order valence-corrected chi connectivity index (χ0v) is 12.9. The van der Waals surface area contributed by atoms with E-state index in [0.717, 1.165) is 13.0 Å². The van der Waals surface area contributed by atoms with Gasteiger partial charge in [-0.3, -0.25) is 0 Å². The predicted octanol–water partition coefficient (Wildman–Crippen LogP) is 1.22. The lowest BCUT2D eigenvalue weighted by Gasteiger charge is -2.05. The Labute approximate surface area is 120 Å². The quantitative estimate of drug-likeness (QED) is 0.565. The van der Waals surface area contributed by atoms with Gasteiger partial charge in [-0.15, -0.1) is 0 Å². The first kappa shape index (κ1) is 17.2. The van der Waals surface area contributed by atoms with E-state index >= 15 is 0 Å². The van der Waals surface area contributed by atoms with Crippen LogP contribution in [0.15, 0.2) is 21.6 Å². The molecule has 6 nitrogen and oxygen atoms in total. The Hall–Kier alpha value is -0.890. The Bertz CT molecular complexity index is 482. The first-order chi connectivity index (χ1) is 9.45. The van der Waals surface area contributed by atoms with Crippen LogP contribution in [-0.4, -0.2) is 32.7 Å². The molecule has 116 valence electrons. The summed E-state index contributed by atoms with van der Waals surface area (Å²) in [5, 5.41) is 12.2. The molecule has 0 spiro atoms. The van der Waals surface area contributed by atoms with Crippen LogP contribution in [0.3, 0.4) is 0 Å². The van der Waals surface area contributed by atoms with Gasteiger partial charge in [0.1, 0.15) is 5.76 Å². The van der Waals surface area contributed by atoms with Crippen LogP contribution in [0.1, 0.15) is 38.9 Å². The lowest BCUT2D eigenvalue weighted by molar-refractivity contribution is 0.182. The summed E-state index contributed by atoms with van der Waals surface area (Å²) in [4.78, 5) is 0. The van der Waals surface area contributed by atoms with Gasteiger partial charge in [-0.25, -0.2) is 13.1 Å². The average Bonchev–Trinajstić information content (AvgIpc) is 2.84. The maximum atomic E-state index is 11.9. The monoisotopic (exact) mass is 304 g/mol. The topological polar surface area (TPSA) is 91.6 Å². The van der Waals surface area contributed by atoms with Gasteiger partial charge in [0.25, 0.3) is 10.0 Å². The van der Waals surface area contributed by atoms with Crippen molar-refractivity contribution in [1.29, 1.82) is 0 Å². The molecule has 1 heterocycles. The van der Waals surface area contributed by atoms with Crippen LogP contribution in [0.4, 0.5) is 0 Å². The Morgan fingerprint density at radius 2 is 2.10 bits per heavy atom. The highest BCUT2D eigenvalue weighted by atomic mass is 32.2. The van der Waals surface area contributed by atoms with Crippen LogP contribution in [0.25, 0.3) is 0 Å². The number of aliphatic hydroxyl groups is 1. The number of hydrogen-bond donors (Lipinski definition) is 3. The van der Waals surface area contributed by atoms with E-state index in [-0.39, 0.29) is 11.6 Å². The number of nitrogens with one attached hydrogen (secondary N) is 2. The minimum absolute atomic E-state index is 0.0668. The van der Waals surface area contributed by atoms with Crippen molar-refractivity contribution in [3.05, 3.63) is 17.9 Å². The second kappa shape index (κ2) is 8.41. The largest absolute Gasteiger partial charge is 0.447 e. The Balaban J connectivity index is 2.46. The summed E-state index contributed by atoms with van der Waals surface area (Å²) in [5.41, 5.74) is 0. The van der Waals surface area contributed by atoms with Crippen molar-refractivity contribution in [2.24, 2.45) is 0 Å². The lowest BCUT2D eigenvalue weighted by Crippen LogP contribution is -2.25. The molecule has 0 fully saturated rings. The number of sulfonamides is 1. The van der Waals surface area contributed by atoms with Gasteiger partial charge in [-0.05, 0) is 44.9 Å². The van der Waals surface area contributed by atoms with E-state index in [4.69, 9.17) is 9.52 Å². The Morgan fingerprint density at radius 1 is 1.35 bits per heavy atom. The molecule has 0 aliphatic carbocycles. The highest BCUT2D eigenvalue weighted by Gasteiger charge is 2.18. The molecule has 20 heavy (non-hydrogen) atoms.